The molecule has 0 aromatic carbocycles. The van der Waals surface area contributed by atoms with Crippen LogP contribution in [-0.4, -0.2) is 34.2 Å². The van der Waals surface area contributed by atoms with E-state index in [1.54, 1.807) is 17.0 Å². The van der Waals surface area contributed by atoms with Gasteiger partial charge in [0, 0.05) is 0 Å². The van der Waals surface area contributed by atoms with Gasteiger partial charge in [-0.05, 0) is 46.8 Å². The zero-order valence-electron chi connectivity index (χ0n) is 13.0. The van der Waals surface area contributed by atoms with Crippen molar-refractivity contribution in [3.63, 3.8) is 0 Å². The Labute approximate surface area is 130 Å². The van der Waals surface area contributed by atoms with Crippen molar-refractivity contribution in [3.05, 3.63) is 23.0 Å². The number of rotatable bonds is 0. The molecule has 21 heavy (non-hydrogen) atoms. The molecule has 1 amide bonds. The Morgan fingerprint density at radius 3 is 2.71 bits per heavy atom. The average Bonchev–Trinajstić information content (AvgIpc) is 2.46. The Morgan fingerprint density at radius 1 is 1.43 bits per heavy atom. The largest absolute Gasteiger partial charge is 0.487 e. The molecule has 0 unspecified atom stereocenters. The summed E-state index contributed by atoms with van der Waals surface area (Å²) in [5.41, 5.74) is 0.107. The van der Waals surface area contributed by atoms with Crippen LogP contribution in [0.25, 0.3) is 0 Å². The minimum Gasteiger partial charge on any atom is -0.487 e. The highest BCUT2D eigenvalue weighted by atomic mass is 35.5. The fourth-order valence-electron chi connectivity index (χ4n) is 2.23. The summed E-state index contributed by atoms with van der Waals surface area (Å²) in [6.07, 6.45) is -0.524. The molecule has 0 aliphatic carbocycles. The molecule has 6 heteroatoms. The summed E-state index contributed by atoms with van der Waals surface area (Å²) in [5.74, 6) is 0.658. The van der Waals surface area contributed by atoms with Crippen molar-refractivity contribution >= 4 is 17.7 Å². The standard InChI is InChI=1S/C15H21ClN2O3/c1-9-8-18(14(19)21-15(3,4)5)10(2)13-11(20-9)6-7-12(16)17-13/h6-7,9-10H,8H2,1-5H3/t9-,10-/m1/s1. The quantitative estimate of drug-likeness (QED) is 0.683. The highest BCUT2D eigenvalue weighted by Crippen LogP contribution is 2.33. The van der Waals surface area contributed by atoms with Gasteiger partial charge in [-0.3, -0.25) is 4.90 Å². The number of fused-ring (bicyclic) bond motifs is 1. The van der Waals surface area contributed by atoms with E-state index in [-0.39, 0.29) is 18.2 Å². The van der Waals surface area contributed by atoms with Crippen molar-refractivity contribution in [1.29, 1.82) is 0 Å². The van der Waals surface area contributed by atoms with Gasteiger partial charge in [0.05, 0.1) is 12.6 Å². The van der Waals surface area contributed by atoms with Crippen LogP contribution in [-0.2, 0) is 4.74 Å². The fourth-order valence-corrected chi connectivity index (χ4v) is 2.38. The van der Waals surface area contributed by atoms with Gasteiger partial charge in [-0.15, -0.1) is 0 Å². The zero-order chi connectivity index (χ0) is 15.8. The van der Waals surface area contributed by atoms with Crippen LogP contribution in [0, 0.1) is 0 Å². The topological polar surface area (TPSA) is 51.7 Å². The Kier molecular flexibility index (Phi) is 4.33. The molecule has 5 nitrogen and oxygen atoms in total. The highest BCUT2D eigenvalue weighted by Gasteiger charge is 2.33. The monoisotopic (exact) mass is 312 g/mol. The first-order chi connectivity index (χ1) is 9.67. The first-order valence-corrected chi connectivity index (χ1v) is 7.38. The molecule has 0 bridgehead atoms. The molecular formula is C15H21ClN2O3. The summed E-state index contributed by atoms with van der Waals surface area (Å²) in [6, 6.07) is 3.21. The van der Waals surface area contributed by atoms with E-state index in [1.165, 1.54) is 0 Å². The minimum absolute atomic E-state index is 0.149. The third-order valence-electron chi connectivity index (χ3n) is 3.13. The van der Waals surface area contributed by atoms with Crippen molar-refractivity contribution in [3.8, 4) is 5.75 Å². The molecule has 0 saturated heterocycles. The van der Waals surface area contributed by atoms with E-state index in [2.05, 4.69) is 4.98 Å². The maximum atomic E-state index is 12.4. The molecule has 1 aromatic rings. The Bertz CT molecular complexity index is 542. The predicted molar refractivity (Wildman–Crippen MR) is 80.7 cm³/mol. The van der Waals surface area contributed by atoms with E-state index in [9.17, 15) is 4.79 Å². The smallest absolute Gasteiger partial charge is 0.410 e. The van der Waals surface area contributed by atoms with Crippen LogP contribution in [0.3, 0.4) is 0 Å². The number of hydrogen-bond donors (Lipinski definition) is 0. The van der Waals surface area contributed by atoms with Crippen LogP contribution in [0.1, 0.15) is 46.4 Å². The van der Waals surface area contributed by atoms with E-state index in [4.69, 9.17) is 21.1 Å². The Balaban J connectivity index is 2.33. The molecule has 2 rings (SSSR count). The normalized spacial score (nSPS) is 22.1. The number of pyridine rings is 1. The molecule has 1 aromatic heterocycles. The molecular weight excluding hydrogens is 292 g/mol. The highest BCUT2D eigenvalue weighted by molar-refractivity contribution is 6.29. The lowest BCUT2D eigenvalue weighted by Gasteiger charge is -2.30. The van der Waals surface area contributed by atoms with Crippen LogP contribution < -0.4 is 4.74 Å². The second-order valence-corrected chi connectivity index (χ2v) is 6.64. The van der Waals surface area contributed by atoms with Crippen LogP contribution >= 0.6 is 11.6 Å². The van der Waals surface area contributed by atoms with Gasteiger partial charge in [0.25, 0.3) is 0 Å². The molecule has 1 aliphatic heterocycles. The summed E-state index contributed by atoms with van der Waals surface area (Å²) in [4.78, 5) is 18.3. The third-order valence-corrected chi connectivity index (χ3v) is 3.34. The molecule has 2 heterocycles. The van der Waals surface area contributed by atoms with Gasteiger partial charge in [-0.2, -0.15) is 0 Å². The summed E-state index contributed by atoms with van der Waals surface area (Å²) in [7, 11) is 0. The van der Waals surface area contributed by atoms with Crippen molar-refractivity contribution in [1.82, 2.24) is 9.88 Å². The van der Waals surface area contributed by atoms with Crippen LogP contribution in [0.5, 0.6) is 5.75 Å². The van der Waals surface area contributed by atoms with E-state index < -0.39 is 5.60 Å². The number of aromatic nitrogens is 1. The Hall–Kier alpha value is -1.49. The van der Waals surface area contributed by atoms with Gasteiger partial charge >= 0.3 is 6.09 Å². The van der Waals surface area contributed by atoms with Crippen LogP contribution in [0.2, 0.25) is 5.15 Å². The van der Waals surface area contributed by atoms with Gasteiger partial charge < -0.3 is 9.47 Å². The van der Waals surface area contributed by atoms with E-state index >= 15 is 0 Å². The lowest BCUT2D eigenvalue weighted by molar-refractivity contribution is 0.0125. The molecule has 116 valence electrons. The van der Waals surface area contributed by atoms with Gasteiger partial charge in [0.1, 0.15) is 28.3 Å². The van der Waals surface area contributed by atoms with Crippen LogP contribution in [0.4, 0.5) is 4.79 Å². The van der Waals surface area contributed by atoms with Gasteiger partial charge in [-0.25, -0.2) is 9.78 Å². The first-order valence-electron chi connectivity index (χ1n) is 7.00. The second kappa shape index (κ2) is 5.72. The summed E-state index contributed by atoms with van der Waals surface area (Å²) in [5, 5.41) is 0.378. The number of ether oxygens (including phenoxy) is 2. The van der Waals surface area contributed by atoms with Crippen LogP contribution in [0.15, 0.2) is 12.1 Å². The number of amides is 1. The number of carbonyl (C=O) groups is 1. The number of nitrogens with zero attached hydrogens (tertiary/aromatic N) is 2. The summed E-state index contributed by atoms with van der Waals surface area (Å²) in [6.45, 7) is 9.77. The summed E-state index contributed by atoms with van der Waals surface area (Å²) >= 11 is 5.96. The minimum atomic E-state index is -0.544. The molecule has 0 N–H and O–H groups in total. The van der Waals surface area contributed by atoms with Gasteiger partial charge in [0.2, 0.25) is 0 Å². The molecule has 0 saturated carbocycles. The molecule has 0 fully saturated rings. The SMILES string of the molecule is C[C@@H]1CN(C(=O)OC(C)(C)C)[C@H](C)c2nc(Cl)ccc2O1. The van der Waals surface area contributed by atoms with E-state index in [1.807, 2.05) is 34.6 Å². The fraction of sp³-hybridized carbons (Fsp3) is 0.600. The maximum Gasteiger partial charge on any atom is 0.410 e. The maximum absolute atomic E-state index is 12.4. The lowest BCUT2D eigenvalue weighted by atomic mass is 10.1. The lowest BCUT2D eigenvalue weighted by Crippen LogP contribution is -2.41. The third kappa shape index (κ3) is 3.79. The van der Waals surface area contributed by atoms with E-state index in [0.717, 1.165) is 0 Å². The van der Waals surface area contributed by atoms with Crippen molar-refractivity contribution in [2.24, 2.45) is 0 Å². The number of hydrogen-bond acceptors (Lipinski definition) is 4. The molecule has 0 radical (unpaired) electrons. The van der Waals surface area contributed by atoms with Gasteiger partial charge in [-0.1, -0.05) is 11.6 Å². The number of halogens is 1. The zero-order valence-corrected chi connectivity index (χ0v) is 13.8. The van der Waals surface area contributed by atoms with Gasteiger partial charge in [0.15, 0.2) is 0 Å². The first kappa shape index (κ1) is 15.9. The molecule has 2 atom stereocenters. The average molecular weight is 313 g/mol. The molecule has 1 aliphatic rings. The van der Waals surface area contributed by atoms with E-state index in [0.29, 0.717) is 23.1 Å². The predicted octanol–water partition coefficient (Wildman–Crippen LogP) is 3.81. The van der Waals surface area contributed by atoms with Crippen molar-refractivity contribution in [2.45, 2.75) is 52.4 Å². The molecule has 0 spiro atoms. The second-order valence-electron chi connectivity index (χ2n) is 6.25. The Morgan fingerprint density at radius 2 is 2.10 bits per heavy atom. The summed E-state index contributed by atoms with van der Waals surface area (Å²) < 4.78 is 11.3. The van der Waals surface area contributed by atoms with Crippen molar-refractivity contribution < 1.29 is 14.3 Å². The van der Waals surface area contributed by atoms with Crippen molar-refractivity contribution in [2.75, 3.05) is 6.54 Å². The number of carbonyl (C=O) groups excluding carboxylic acids is 1.